The molecule has 3 aromatic rings. The Bertz CT molecular complexity index is 1080. The van der Waals surface area contributed by atoms with Crippen LogP contribution in [0.1, 0.15) is 22.4 Å². The molecule has 3 amide bonds. The molecule has 1 aliphatic heterocycles. The van der Waals surface area contributed by atoms with Crippen molar-refractivity contribution in [3.63, 3.8) is 0 Å². The number of hydrogen-bond acceptors (Lipinski definition) is 2. The van der Waals surface area contributed by atoms with Crippen molar-refractivity contribution in [1.82, 2.24) is 14.8 Å². The number of aryl methyl sites for hydroxylation is 2. The standard InChI is InChI=1S/C23H21N3O2/c1-16-8-10-19(11-9-16)25-12-4-7-20(25)14-21-22(27)26(23(28)24-21)15-18-6-3-5-17(2)13-18/h3-14H,15H2,1-2H3,(H,24,28)/b21-14+. The molecule has 140 valence electrons. The summed E-state index contributed by atoms with van der Waals surface area (Å²) in [4.78, 5) is 26.4. The molecule has 2 aromatic carbocycles. The van der Waals surface area contributed by atoms with Gasteiger partial charge in [-0.05, 0) is 49.8 Å². The van der Waals surface area contributed by atoms with Crippen LogP contribution in [0.25, 0.3) is 11.8 Å². The first-order valence-corrected chi connectivity index (χ1v) is 9.16. The molecule has 1 aromatic heterocycles. The number of benzene rings is 2. The highest BCUT2D eigenvalue weighted by atomic mass is 16.2. The highest BCUT2D eigenvalue weighted by Gasteiger charge is 2.33. The molecule has 0 atom stereocenters. The summed E-state index contributed by atoms with van der Waals surface area (Å²) in [7, 11) is 0. The lowest BCUT2D eigenvalue weighted by Gasteiger charge is -2.12. The summed E-state index contributed by atoms with van der Waals surface area (Å²) < 4.78 is 1.98. The molecule has 0 bridgehead atoms. The Labute approximate surface area is 163 Å². The minimum absolute atomic E-state index is 0.253. The zero-order chi connectivity index (χ0) is 19.7. The van der Waals surface area contributed by atoms with E-state index in [9.17, 15) is 9.59 Å². The van der Waals surface area contributed by atoms with Crippen molar-refractivity contribution in [2.45, 2.75) is 20.4 Å². The molecule has 1 N–H and O–H groups in total. The molecule has 0 saturated carbocycles. The molecule has 5 heteroatoms. The van der Waals surface area contributed by atoms with E-state index in [1.165, 1.54) is 10.5 Å². The highest BCUT2D eigenvalue weighted by molar-refractivity contribution is 6.13. The molecular formula is C23H21N3O2. The summed E-state index contributed by atoms with van der Waals surface area (Å²) in [5.41, 5.74) is 5.30. The summed E-state index contributed by atoms with van der Waals surface area (Å²) in [6.07, 6.45) is 3.65. The fourth-order valence-electron chi connectivity index (χ4n) is 3.31. The molecule has 4 rings (SSSR count). The van der Waals surface area contributed by atoms with Crippen LogP contribution in [0.2, 0.25) is 0 Å². The van der Waals surface area contributed by atoms with Crippen molar-refractivity contribution >= 4 is 18.0 Å². The van der Waals surface area contributed by atoms with E-state index >= 15 is 0 Å². The van der Waals surface area contributed by atoms with Crippen LogP contribution in [0.4, 0.5) is 4.79 Å². The van der Waals surface area contributed by atoms with E-state index in [-0.39, 0.29) is 18.1 Å². The second-order valence-electron chi connectivity index (χ2n) is 7.01. The van der Waals surface area contributed by atoms with Gasteiger partial charge in [-0.3, -0.25) is 9.69 Å². The summed E-state index contributed by atoms with van der Waals surface area (Å²) in [5, 5.41) is 2.70. The van der Waals surface area contributed by atoms with Gasteiger partial charge in [-0.1, -0.05) is 47.5 Å². The Balaban J connectivity index is 1.60. The van der Waals surface area contributed by atoms with Crippen LogP contribution in [-0.4, -0.2) is 21.4 Å². The SMILES string of the molecule is Cc1ccc(-n2cccc2/C=C2/NC(=O)N(Cc3cccc(C)c3)C2=O)cc1. The van der Waals surface area contributed by atoms with Crippen molar-refractivity contribution < 1.29 is 9.59 Å². The van der Waals surface area contributed by atoms with Crippen LogP contribution in [0.3, 0.4) is 0 Å². The zero-order valence-electron chi connectivity index (χ0n) is 15.8. The lowest BCUT2D eigenvalue weighted by molar-refractivity contribution is -0.123. The first-order valence-electron chi connectivity index (χ1n) is 9.16. The van der Waals surface area contributed by atoms with Gasteiger partial charge in [0, 0.05) is 17.6 Å². The van der Waals surface area contributed by atoms with Crippen molar-refractivity contribution in [3.05, 3.63) is 94.9 Å². The number of nitrogens with one attached hydrogen (secondary N) is 1. The number of hydrogen-bond donors (Lipinski definition) is 1. The maximum atomic E-state index is 12.8. The molecule has 2 heterocycles. The lowest BCUT2D eigenvalue weighted by Crippen LogP contribution is -2.30. The predicted octanol–water partition coefficient (Wildman–Crippen LogP) is 4.19. The van der Waals surface area contributed by atoms with Gasteiger partial charge < -0.3 is 9.88 Å². The summed E-state index contributed by atoms with van der Waals surface area (Å²) >= 11 is 0. The largest absolute Gasteiger partial charge is 0.329 e. The van der Waals surface area contributed by atoms with Gasteiger partial charge in [0.15, 0.2) is 0 Å². The maximum Gasteiger partial charge on any atom is 0.329 e. The van der Waals surface area contributed by atoms with Gasteiger partial charge in [-0.25, -0.2) is 4.79 Å². The number of amides is 3. The average molecular weight is 371 g/mol. The Morgan fingerprint density at radius 1 is 0.929 bits per heavy atom. The van der Waals surface area contributed by atoms with E-state index in [1.807, 2.05) is 85.3 Å². The van der Waals surface area contributed by atoms with Crippen LogP contribution >= 0.6 is 0 Å². The van der Waals surface area contributed by atoms with Crippen LogP contribution in [-0.2, 0) is 11.3 Å². The van der Waals surface area contributed by atoms with Gasteiger partial charge in [0.2, 0.25) is 0 Å². The Kier molecular flexibility index (Phi) is 4.57. The van der Waals surface area contributed by atoms with Crippen molar-refractivity contribution in [2.24, 2.45) is 0 Å². The molecular weight excluding hydrogens is 350 g/mol. The molecule has 0 unspecified atom stereocenters. The molecule has 5 nitrogen and oxygen atoms in total. The van der Waals surface area contributed by atoms with E-state index < -0.39 is 6.03 Å². The topological polar surface area (TPSA) is 54.3 Å². The molecule has 28 heavy (non-hydrogen) atoms. The van der Waals surface area contributed by atoms with Gasteiger partial charge in [0.1, 0.15) is 5.70 Å². The zero-order valence-corrected chi connectivity index (χ0v) is 15.8. The molecule has 1 saturated heterocycles. The van der Waals surface area contributed by atoms with E-state index in [4.69, 9.17) is 0 Å². The van der Waals surface area contributed by atoms with Gasteiger partial charge in [0.05, 0.1) is 6.54 Å². The van der Waals surface area contributed by atoms with Gasteiger partial charge >= 0.3 is 6.03 Å². The number of urea groups is 1. The third-order valence-corrected chi connectivity index (χ3v) is 4.77. The number of imide groups is 1. The molecule has 0 spiro atoms. The molecule has 1 fully saturated rings. The van der Waals surface area contributed by atoms with E-state index in [2.05, 4.69) is 5.32 Å². The molecule has 1 aliphatic rings. The number of rotatable bonds is 4. The number of aromatic nitrogens is 1. The second-order valence-corrected chi connectivity index (χ2v) is 7.01. The van der Waals surface area contributed by atoms with Crippen LogP contribution in [0.15, 0.2) is 72.6 Å². The quantitative estimate of drug-likeness (QED) is 0.552. The van der Waals surface area contributed by atoms with Gasteiger partial charge in [-0.15, -0.1) is 0 Å². The first kappa shape index (κ1) is 17.8. The van der Waals surface area contributed by atoms with E-state index in [1.54, 1.807) is 6.08 Å². The molecule has 0 aliphatic carbocycles. The maximum absolute atomic E-state index is 12.8. The van der Waals surface area contributed by atoms with Crippen molar-refractivity contribution in [2.75, 3.05) is 0 Å². The normalized spacial score (nSPS) is 15.4. The average Bonchev–Trinajstić information content (AvgIpc) is 3.23. The van der Waals surface area contributed by atoms with E-state index in [0.717, 1.165) is 22.5 Å². The van der Waals surface area contributed by atoms with Crippen molar-refractivity contribution in [1.29, 1.82) is 0 Å². The first-order chi connectivity index (χ1) is 13.5. The minimum Gasteiger partial charge on any atom is -0.317 e. The minimum atomic E-state index is -0.397. The summed E-state index contributed by atoms with van der Waals surface area (Å²) in [6, 6.07) is 19.4. The van der Waals surface area contributed by atoms with E-state index in [0.29, 0.717) is 0 Å². The van der Waals surface area contributed by atoms with Crippen LogP contribution in [0.5, 0.6) is 0 Å². The smallest absolute Gasteiger partial charge is 0.317 e. The second kappa shape index (κ2) is 7.19. The lowest BCUT2D eigenvalue weighted by atomic mass is 10.1. The summed E-state index contributed by atoms with van der Waals surface area (Å²) in [6.45, 7) is 4.28. The summed E-state index contributed by atoms with van der Waals surface area (Å²) in [5.74, 6) is -0.317. The highest BCUT2D eigenvalue weighted by Crippen LogP contribution is 2.20. The Hall–Kier alpha value is -3.60. The number of nitrogens with zero attached hydrogens (tertiary/aromatic N) is 2. The number of carbonyl (C=O) groups is 2. The van der Waals surface area contributed by atoms with Crippen LogP contribution < -0.4 is 5.32 Å². The Morgan fingerprint density at radius 3 is 2.46 bits per heavy atom. The van der Waals surface area contributed by atoms with Gasteiger partial charge in [-0.2, -0.15) is 0 Å². The fraction of sp³-hybridized carbons (Fsp3) is 0.130. The number of carbonyl (C=O) groups excluding carboxylic acids is 2. The van der Waals surface area contributed by atoms with Gasteiger partial charge in [0.25, 0.3) is 5.91 Å². The predicted molar refractivity (Wildman–Crippen MR) is 109 cm³/mol. The third-order valence-electron chi connectivity index (χ3n) is 4.77. The van der Waals surface area contributed by atoms with Crippen LogP contribution in [0, 0.1) is 13.8 Å². The molecule has 0 radical (unpaired) electrons. The Morgan fingerprint density at radius 2 is 1.71 bits per heavy atom. The fourth-order valence-corrected chi connectivity index (χ4v) is 3.31. The monoisotopic (exact) mass is 371 g/mol. The van der Waals surface area contributed by atoms with Crippen molar-refractivity contribution in [3.8, 4) is 5.69 Å². The third kappa shape index (κ3) is 3.47.